The minimum atomic E-state index is 0.619. The van der Waals surface area contributed by atoms with E-state index in [-0.39, 0.29) is 0 Å². The van der Waals surface area contributed by atoms with E-state index < -0.39 is 0 Å². The van der Waals surface area contributed by atoms with E-state index in [0.717, 1.165) is 11.8 Å². The molecule has 2 aliphatic heterocycles. The molecule has 1 fully saturated rings. The Morgan fingerprint density at radius 2 is 1.84 bits per heavy atom. The van der Waals surface area contributed by atoms with Crippen molar-refractivity contribution in [2.45, 2.75) is 46.1 Å². The third-order valence-corrected chi connectivity index (χ3v) is 4.57. The topological polar surface area (TPSA) is 15.3 Å². The van der Waals surface area contributed by atoms with Crippen LogP contribution in [0.4, 0.5) is 11.4 Å². The second-order valence-corrected chi connectivity index (χ2v) is 6.78. The Balaban J connectivity index is 1.82. The van der Waals surface area contributed by atoms with Gasteiger partial charge in [0.25, 0.3) is 0 Å². The molecule has 0 aliphatic carbocycles. The van der Waals surface area contributed by atoms with Crippen LogP contribution >= 0.6 is 0 Å². The number of hydrogen-bond donors (Lipinski definition) is 1. The van der Waals surface area contributed by atoms with Gasteiger partial charge in [0.05, 0.1) is 0 Å². The quantitative estimate of drug-likeness (QED) is 0.821. The molecule has 3 atom stereocenters. The fraction of sp³-hybridized carbons (Fsp3) is 0.647. The lowest BCUT2D eigenvalue weighted by molar-refractivity contribution is 0.357. The molecule has 0 radical (unpaired) electrons. The predicted octanol–water partition coefficient (Wildman–Crippen LogP) is 3.92. The van der Waals surface area contributed by atoms with Crippen LogP contribution in [0.25, 0.3) is 0 Å². The van der Waals surface area contributed by atoms with Gasteiger partial charge in [0, 0.05) is 30.5 Å². The molecule has 1 N–H and O–H groups in total. The maximum absolute atomic E-state index is 3.59. The zero-order chi connectivity index (χ0) is 13.4. The van der Waals surface area contributed by atoms with Gasteiger partial charge in [0.2, 0.25) is 0 Å². The molecular weight excluding hydrogens is 232 g/mol. The highest BCUT2D eigenvalue weighted by atomic mass is 15.1. The fourth-order valence-corrected chi connectivity index (χ4v) is 3.71. The normalized spacial score (nSPS) is 30.7. The first-order valence-corrected chi connectivity index (χ1v) is 7.76. The van der Waals surface area contributed by atoms with Crippen LogP contribution < -0.4 is 10.2 Å². The summed E-state index contributed by atoms with van der Waals surface area (Å²) >= 11 is 0. The van der Waals surface area contributed by atoms with Crippen molar-refractivity contribution < 1.29 is 0 Å². The molecule has 0 spiro atoms. The summed E-state index contributed by atoms with van der Waals surface area (Å²) in [6.07, 6.45) is 3.85. The van der Waals surface area contributed by atoms with Crippen LogP contribution in [0.1, 0.15) is 39.2 Å². The molecule has 2 aliphatic rings. The molecule has 0 aromatic heterocycles. The summed E-state index contributed by atoms with van der Waals surface area (Å²) in [5, 5.41) is 3.59. The summed E-state index contributed by atoms with van der Waals surface area (Å²) < 4.78 is 0. The van der Waals surface area contributed by atoms with Crippen molar-refractivity contribution in [3.05, 3.63) is 23.8 Å². The molecule has 0 bridgehead atoms. The molecule has 104 valence electrons. The average molecular weight is 258 g/mol. The van der Waals surface area contributed by atoms with E-state index in [1.165, 1.54) is 49.3 Å². The molecular formula is C17H26N2. The number of benzene rings is 1. The first-order chi connectivity index (χ1) is 9.11. The molecule has 3 rings (SSSR count). The van der Waals surface area contributed by atoms with E-state index in [0.29, 0.717) is 6.04 Å². The van der Waals surface area contributed by atoms with Crippen molar-refractivity contribution in [3.63, 3.8) is 0 Å². The molecule has 2 heterocycles. The Morgan fingerprint density at radius 3 is 2.58 bits per heavy atom. The Bertz CT molecular complexity index is 445. The van der Waals surface area contributed by atoms with Crippen molar-refractivity contribution in [1.82, 2.24) is 0 Å². The minimum Gasteiger partial charge on any atom is -0.382 e. The van der Waals surface area contributed by atoms with E-state index in [4.69, 9.17) is 0 Å². The lowest BCUT2D eigenvalue weighted by Gasteiger charge is -2.37. The third-order valence-electron chi connectivity index (χ3n) is 4.57. The van der Waals surface area contributed by atoms with Gasteiger partial charge < -0.3 is 10.2 Å². The van der Waals surface area contributed by atoms with E-state index in [1.54, 1.807) is 0 Å². The first-order valence-electron chi connectivity index (χ1n) is 7.76. The molecule has 1 aromatic rings. The van der Waals surface area contributed by atoms with E-state index >= 15 is 0 Å². The van der Waals surface area contributed by atoms with Gasteiger partial charge in [-0.25, -0.2) is 0 Å². The van der Waals surface area contributed by atoms with Crippen LogP contribution in [0.15, 0.2) is 18.2 Å². The van der Waals surface area contributed by atoms with Crippen molar-refractivity contribution >= 4 is 11.4 Å². The van der Waals surface area contributed by atoms with Crippen molar-refractivity contribution in [3.8, 4) is 0 Å². The van der Waals surface area contributed by atoms with E-state index in [2.05, 4.69) is 49.2 Å². The summed E-state index contributed by atoms with van der Waals surface area (Å²) in [7, 11) is 0. The molecule has 0 amide bonds. The van der Waals surface area contributed by atoms with Gasteiger partial charge in [-0.3, -0.25) is 0 Å². The van der Waals surface area contributed by atoms with Crippen LogP contribution in [-0.2, 0) is 6.42 Å². The van der Waals surface area contributed by atoms with Crippen LogP contribution in [0.5, 0.6) is 0 Å². The molecule has 0 saturated carbocycles. The smallest absolute Gasteiger partial charge is 0.0376 e. The predicted molar refractivity (Wildman–Crippen MR) is 83.0 cm³/mol. The highest BCUT2D eigenvalue weighted by Gasteiger charge is 2.23. The zero-order valence-corrected chi connectivity index (χ0v) is 12.4. The lowest BCUT2D eigenvalue weighted by atomic mass is 9.91. The van der Waals surface area contributed by atoms with Gasteiger partial charge in [-0.15, -0.1) is 0 Å². The van der Waals surface area contributed by atoms with Gasteiger partial charge >= 0.3 is 0 Å². The molecule has 19 heavy (non-hydrogen) atoms. The van der Waals surface area contributed by atoms with Gasteiger partial charge in [0.1, 0.15) is 0 Å². The number of anilines is 2. The Hall–Kier alpha value is -1.18. The van der Waals surface area contributed by atoms with Gasteiger partial charge in [-0.2, -0.15) is 0 Å². The maximum Gasteiger partial charge on any atom is 0.0376 e. The van der Waals surface area contributed by atoms with Crippen molar-refractivity contribution in [2.75, 3.05) is 23.3 Å². The number of fused-ring (bicyclic) bond motifs is 1. The van der Waals surface area contributed by atoms with Crippen molar-refractivity contribution in [1.29, 1.82) is 0 Å². The monoisotopic (exact) mass is 258 g/mol. The Labute approximate surface area is 117 Å². The van der Waals surface area contributed by atoms with E-state index in [9.17, 15) is 0 Å². The summed E-state index contributed by atoms with van der Waals surface area (Å²) in [6, 6.07) is 7.62. The zero-order valence-electron chi connectivity index (χ0n) is 12.4. The number of hydrogen-bond acceptors (Lipinski definition) is 2. The Kier molecular flexibility index (Phi) is 3.42. The largest absolute Gasteiger partial charge is 0.382 e. The number of rotatable bonds is 1. The SMILES string of the molecule is CC1CC(C)CN(c2ccc3c(c2)CCC(C)N3)C1. The highest BCUT2D eigenvalue weighted by Crippen LogP contribution is 2.32. The summed E-state index contributed by atoms with van der Waals surface area (Å²) in [6.45, 7) is 9.46. The van der Waals surface area contributed by atoms with Crippen LogP contribution in [0.2, 0.25) is 0 Å². The van der Waals surface area contributed by atoms with Gasteiger partial charge in [0.15, 0.2) is 0 Å². The lowest BCUT2D eigenvalue weighted by Crippen LogP contribution is -2.38. The molecule has 2 nitrogen and oxygen atoms in total. The first kappa shape index (κ1) is 12.8. The fourth-order valence-electron chi connectivity index (χ4n) is 3.71. The van der Waals surface area contributed by atoms with E-state index in [1.807, 2.05) is 0 Å². The molecule has 3 unspecified atom stereocenters. The van der Waals surface area contributed by atoms with Gasteiger partial charge in [-0.1, -0.05) is 13.8 Å². The molecule has 1 saturated heterocycles. The number of nitrogens with zero attached hydrogens (tertiary/aromatic N) is 1. The second kappa shape index (κ2) is 5.07. The third kappa shape index (κ3) is 2.72. The second-order valence-electron chi connectivity index (χ2n) is 6.78. The number of nitrogens with one attached hydrogen (secondary N) is 1. The summed E-state index contributed by atoms with van der Waals surface area (Å²) in [5.74, 6) is 1.64. The van der Waals surface area contributed by atoms with Crippen molar-refractivity contribution in [2.24, 2.45) is 11.8 Å². The van der Waals surface area contributed by atoms with Gasteiger partial charge in [-0.05, 0) is 61.8 Å². The molecule has 2 heteroatoms. The van der Waals surface area contributed by atoms with Crippen LogP contribution in [0, 0.1) is 11.8 Å². The highest BCUT2D eigenvalue weighted by molar-refractivity contribution is 5.62. The average Bonchev–Trinajstić information content (AvgIpc) is 2.37. The number of aryl methyl sites for hydroxylation is 1. The molecule has 1 aromatic carbocycles. The number of piperidine rings is 1. The standard InChI is InChI=1S/C17H26N2/c1-12-8-13(2)11-19(10-12)16-6-7-17-15(9-16)5-4-14(3)18-17/h6-7,9,12-14,18H,4-5,8,10-11H2,1-3H3. The minimum absolute atomic E-state index is 0.619. The Morgan fingerprint density at radius 1 is 1.11 bits per heavy atom. The maximum atomic E-state index is 3.59. The summed E-state index contributed by atoms with van der Waals surface area (Å²) in [4.78, 5) is 2.58. The van der Waals surface area contributed by atoms with Crippen LogP contribution in [0.3, 0.4) is 0 Å². The van der Waals surface area contributed by atoms with Crippen LogP contribution in [-0.4, -0.2) is 19.1 Å². The summed E-state index contributed by atoms with van der Waals surface area (Å²) in [5.41, 5.74) is 4.27.